The van der Waals surface area contributed by atoms with Crippen molar-refractivity contribution in [3.05, 3.63) is 11.3 Å². The van der Waals surface area contributed by atoms with Gasteiger partial charge in [-0.25, -0.2) is 0 Å². The van der Waals surface area contributed by atoms with Gasteiger partial charge in [0.15, 0.2) is 0 Å². The molecular formula is C11H15ClN4O2. The van der Waals surface area contributed by atoms with E-state index in [2.05, 4.69) is 15.5 Å². The molecule has 1 aliphatic rings. The zero-order valence-electron chi connectivity index (χ0n) is 10.1. The summed E-state index contributed by atoms with van der Waals surface area (Å²) in [6.45, 7) is 3.00. The van der Waals surface area contributed by atoms with Crippen molar-refractivity contribution in [2.45, 2.75) is 19.8 Å². The number of hydrogen-bond donors (Lipinski definition) is 2. The van der Waals surface area contributed by atoms with Gasteiger partial charge in [0.2, 0.25) is 11.8 Å². The van der Waals surface area contributed by atoms with Crippen LogP contribution < -0.4 is 10.2 Å². The molecular weight excluding hydrogens is 256 g/mol. The lowest BCUT2D eigenvalue weighted by Gasteiger charge is -2.20. The molecule has 1 aromatic heterocycles. The van der Waals surface area contributed by atoms with E-state index in [4.69, 9.17) is 11.6 Å². The summed E-state index contributed by atoms with van der Waals surface area (Å²) in [5, 5.41) is 9.43. The fraction of sp³-hybridized carbons (Fsp3) is 0.545. The predicted octanol–water partition coefficient (Wildman–Crippen LogP) is 0.942. The molecule has 98 valence electrons. The van der Waals surface area contributed by atoms with Crippen LogP contribution in [0.4, 0.5) is 5.69 Å². The average Bonchev–Trinajstić information content (AvgIpc) is 2.91. The molecule has 2 N–H and O–H groups in total. The zero-order valence-corrected chi connectivity index (χ0v) is 10.8. The number of halogens is 1. The normalized spacial score (nSPS) is 18.8. The molecule has 1 saturated heterocycles. The third-order valence-electron chi connectivity index (χ3n) is 3.07. The molecule has 1 atom stereocenters. The van der Waals surface area contributed by atoms with Crippen LogP contribution in [0.25, 0.3) is 0 Å². The number of hydrogen-bond acceptors (Lipinski definition) is 3. The van der Waals surface area contributed by atoms with Crippen molar-refractivity contribution in [3.63, 3.8) is 0 Å². The Hall–Kier alpha value is -1.56. The first-order chi connectivity index (χ1) is 8.63. The van der Waals surface area contributed by atoms with Crippen molar-refractivity contribution in [2.75, 3.05) is 18.0 Å². The smallest absolute Gasteiger partial charge is 0.227 e. The van der Waals surface area contributed by atoms with Crippen molar-refractivity contribution >= 4 is 29.1 Å². The summed E-state index contributed by atoms with van der Waals surface area (Å²) >= 11 is 5.91. The maximum Gasteiger partial charge on any atom is 0.227 e. The third-order valence-corrected chi connectivity index (χ3v) is 3.34. The highest BCUT2D eigenvalue weighted by atomic mass is 35.5. The second-order valence-corrected chi connectivity index (χ2v) is 4.57. The topological polar surface area (TPSA) is 78.1 Å². The maximum atomic E-state index is 12.2. The molecule has 1 fully saturated rings. The molecule has 0 bridgehead atoms. The summed E-state index contributed by atoms with van der Waals surface area (Å²) in [5.41, 5.74) is 0.558. The minimum atomic E-state index is -0.225. The highest BCUT2D eigenvalue weighted by molar-refractivity contribution is 6.32. The van der Waals surface area contributed by atoms with E-state index in [1.807, 2.05) is 6.92 Å². The van der Waals surface area contributed by atoms with Gasteiger partial charge in [0, 0.05) is 25.4 Å². The summed E-state index contributed by atoms with van der Waals surface area (Å²) in [6.07, 6.45) is 2.43. The van der Waals surface area contributed by atoms with Crippen LogP contribution in [-0.4, -0.2) is 35.1 Å². The number of rotatable bonds is 4. The van der Waals surface area contributed by atoms with Crippen molar-refractivity contribution in [3.8, 4) is 0 Å². The van der Waals surface area contributed by atoms with Crippen molar-refractivity contribution in [2.24, 2.45) is 5.92 Å². The standard InChI is InChI=1S/C11H15ClN4O2/c1-2-16(8-6-14-15-10(8)12)9(17)5-7-3-4-13-11(7)18/h6-7H,2-5H2,1H3,(H,13,18)(H,14,15). The largest absolute Gasteiger partial charge is 0.356 e. The van der Waals surface area contributed by atoms with Crippen LogP contribution in [0.3, 0.4) is 0 Å². The van der Waals surface area contributed by atoms with Crippen LogP contribution in [0.15, 0.2) is 6.20 Å². The van der Waals surface area contributed by atoms with E-state index in [1.165, 1.54) is 11.1 Å². The predicted molar refractivity (Wildman–Crippen MR) is 67.4 cm³/mol. The maximum absolute atomic E-state index is 12.2. The molecule has 1 aromatic rings. The summed E-state index contributed by atoms with van der Waals surface area (Å²) in [4.78, 5) is 25.2. The van der Waals surface area contributed by atoms with E-state index < -0.39 is 0 Å². The Kier molecular flexibility index (Phi) is 3.86. The van der Waals surface area contributed by atoms with Gasteiger partial charge in [0.05, 0.1) is 6.20 Å². The number of aromatic nitrogens is 2. The molecule has 7 heteroatoms. The molecule has 0 spiro atoms. The Morgan fingerprint density at radius 3 is 2.94 bits per heavy atom. The van der Waals surface area contributed by atoms with Gasteiger partial charge in [0.1, 0.15) is 10.8 Å². The lowest BCUT2D eigenvalue weighted by atomic mass is 10.0. The van der Waals surface area contributed by atoms with Gasteiger partial charge in [-0.3, -0.25) is 14.7 Å². The Bertz CT molecular complexity index is 460. The highest BCUT2D eigenvalue weighted by Gasteiger charge is 2.29. The fourth-order valence-electron chi connectivity index (χ4n) is 2.09. The van der Waals surface area contributed by atoms with E-state index in [-0.39, 0.29) is 24.2 Å². The van der Waals surface area contributed by atoms with Gasteiger partial charge in [-0.1, -0.05) is 11.6 Å². The number of nitrogens with one attached hydrogen (secondary N) is 2. The molecule has 18 heavy (non-hydrogen) atoms. The molecule has 1 aliphatic heterocycles. The Morgan fingerprint density at radius 1 is 1.67 bits per heavy atom. The van der Waals surface area contributed by atoms with Gasteiger partial charge < -0.3 is 10.2 Å². The van der Waals surface area contributed by atoms with Gasteiger partial charge in [-0.15, -0.1) is 0 Å². The molecule has 0 radical (unpaired) electrons. The quantitative estimate of drug-likeness (QED) is 0.855. The number of carbonyl (C=O) groups is 2. The SMILES string of the molecule is CCN(C(=O)CC1CCNC1=O)c1cn[nH]c1Cl. The molecule has 6 nitrogen and oxygen atoms in total. The van der Waals surface area contributed by atoms with E-state index in [0.29, 0.717) is 30.4 Å². The van der Waals surface area contributed by atoms with Gasteiger partial charge in [0.25, 0.3) is 0 Å². The Morgan fingerprint density at radius 2 is 2.44 bits per heavy atom. The minimum Gasteiger partial charge on any atom is -0.356 e. The molecule has 2 amide bonds. The van der Waals surface area contributed by atoms with Crippen molar-refractivity contribution < 1.29 is 9.59 Å². The summed E-state index contributed by atoms with van der Waals surface area (Å²) in [6, 6.07) is 0. The first kappa shape index (κ1) is 12.9. The number of aromatic amines is 1. The zero-order chi connectivity index (χ0) is 13.1. The second kappa shape index (κ2) is 5.39. The first-order valence-corrected chi connectivity index (χ1v) is 6.28. The molecule has 1 unspecified atom stereocenters. The first-order valence-electron chi connectivity index (χ1n) is 5.90. The van der Waals surface area contributed by atoms with Crippen LogP contribution >= 0.6 is 11.6 Å². The van der Waals surface area contributed by atoms with Gasteiger partial charge in [-0.05, 0) is 13.3 Å². The van der Waals surface area contributed by atoms with Gasteiger partial charge >= 0.3 is 0 Å². The number of anilines is 1. The molecule has 2 rings (SSSR count). The fourth-order valence-corrected chi connectivity index (χ4v) is 2.29. The molecule has 2 heterocycles. The Balaban J connectivity index is 2.06. The third kappa shape index (κ3) is 2.48. The van der Waals surface area contributed by atoms with E-state index in [1.54, 1.807) is 0 Å². The highest BCUT2D eigenvalue weighted by Crippen LogP contribution is 2.24. The lowest BCUT2D eigenvalue weighted by molar-refractivity contribution is -0.127. The molecule has 0 aromatic carbocycles. The second-order valence-electron chi connectivity index (χ2n) is 4.19. The van der Waals surface area contributed by atoms with Crippen molar-refractivity contribution in [1.82, 2.24) is 15.5 Å². The summed E-state index contributed by atoms with van der Waals surface area (Å²) in [7, 11) is 0. The van der Waals surface area contributed by atoms with Crippen LogP contribution in [0.2, 0.25) is 5.15 Å². The number of amides is 2. The van der Waals surface area contributed by atoms with Crippen LogP contribution in [-0.2, 0) is 9.59 Å². The number of nitrogens with zero attached hydrogens (tertiary/aromatic N) is 2. The van der Waals surface area contributed by atoms with Gasteiger partial charge in [-0.2, -0.15) is 5.10 Å². The summed E-state index contributed by atoms with van der Waals surface area (Å²) < 4.78 is 0. The van der Waals surface area contributed by atoms with E-state index >= 15 is 0 Å². The lowest BCUT2D eigenvalue weighted by Crippen LogP contribution is -2.33. The number of carbonyl (C=O) groups excluding carboxylic acids is 2. The van der Waals surface area contributed by atoms with Crippen LogP contribution in [0.1, 0.15) is 19.8 Å². The van der Waals surface area contributed by atoms with E-state index in [9.17, 15) is 9.59 Å². The van der Waals surface area contributed by atoms with E-state index in [0.717, 1.165) is 0 Å². The minimum absolute atomic E-state index is 0.0438. The Labute approximate surface area is 110 Å². The van der Waals surface area contributed by atoms with Crippen LogP contribution in [0.5, 0.6) is 0 Å². The van der Waals surface area contributed by atoms with Crippen LogP contribution in [0, 0.1) is 5.92 Å². The summed E-state index contributed by atoms with van der Waals surface area (Å²) in [5.74, 6) is -0.377. The molecule has 0 aliphatic carbocycles. The van der Waals surface area contributed by atoms with Crippen molar-refractivity contribution in [1.29, 1.82) is 0 Å². The monoisotopic (exact) mass is 270 g/mol. The molecule has 0 saturated carbocycles. The average molecular weight is 271 g/mol. The number of H-pyrrole nitrogens is 1.